The second-order valence-electron chi connectivity index (χ2n) is 1.44. The molecule has 6 heteroatoms. The molecule has 0 bridgehead atoms. The average Bonchev–Trinajstić information content (AvgIpc) is 1.95. The first-order chi connectivity index (χ1) is 4.24. The van der Waals surface area contributed by atoms with E-state index in [0.29, 0.717) is 0 Å². The van der Waals surface area contributed by atoms with Gasteiger partial charge in [-0.1, -0.05) is 11.9 Å². The standard InChI is InChI=1S/C4H6BN2O2.Li/c1-8-5(3-6,4-7)9-2;/h1-2H3;/q-1;+1. The summed E-state index contributed by atoms with van der Waals surface area (Å²) in [6.45, 7) is -2.33. The monoisotopic (exact) mass is 132 g/mol. The Hall–Kier alpha value is -0.438. The van der Waals surface area contributed by atoms with Crippen LogP contribution in [0, 0.1) is 22.5 Å². The number of nitrogens with zero attached hydrogens (tertiary/aromatic N) is 2. The first-order valence-electron chi connectivity index (χ1n) is 2.31. The van der Waals surface area contributed by atoms with Gasteiger partial charge >= 0.3 is 25.4 Å². The molecule has 48 valence electrons. The van der Waals surface area contributed by atoms with E-state index in [1.165, 1.54) is 14.2 Å². The van der Waals surface area contributed by atoms with Gasteiger partial charge in [0.05, 0.1) is 0 Å². The second-order valence-corrected chi connectivity index (χ2v) is 1.44. The molecule has 0 aromatic carbocycles. The number of hydrogen-bond acceptors (Lipinski definition) is 4. The van der Waals surface area contributed by atoms with E-state index in [2.05, 4.69) is 9.31 Å². The molecule has 0 N–H and O–H groups in total. The summed E-state index contributed by atoms with van der Waals surface area (Å²) < 4.78 is 9.01. The SMILES string of the molecule is CO[B-](C#N)(C#N)OC.[Li+]. The maximum Gasteiger partial charge on any atom is 1.00 e. The van der Waals surface area contributed by atoms with Gasteiger partial charge in [-0.25, -0.2) is 10.5 Å². The molecule has 0 aliphatic rings. The van der Waals surface area contributed by atoms with E-state index < -0.39 is 6.55 Å². The molecule has 0 aromatic heterocycles. The molecule has 0 aliphatic heterocycles. The Kier molecular flexibility index (Phi) is 6.56. The molecule has 0 heterocycles. The minimum atomic E-state index is -2.33. The van der Waals surface area contributed by atoms with Crippen LogP contribution in [0.1, 0.15) is 0 Å². The molecule has 0 atom stereocenters. The molecule has 0 saturated heterocycles. The van der Waals surface area contributed by atoms with Crippen molar-refractivity contribution in [2.45, 2.75) is 0 Å². The van der Waals surface area contributed by atoms with Crippen LogP contribution in [0.3, 0.4) is 0 Å². The summed E-state index contributed by atoms with van der Waals surface area (Å²) in [5, 5.41) is 16.6. The number of hydrogen-bond donors (Lipinski definition) is 0. The van der Waals surface area contributed by atoms with Gasteiger partial charge in [-0.2, -0.15) is 0 Å². The second kappa shape index (κ2) is 5.36. The molecule has 0 spiro atoms. The maximum absolute atomic E-state index is 8.28. The molecular weight excluding hydrogens is 126 g/mol. The van der Waals surface area contributed by atoms with Crippen LogP contribution in [0.2, 0.25) is 0 Å². The predicted molar refractivity (Wildman–Crippen MR) is 31.0 cm³/mol. The van der Waals surface area contributed by atoms with Crippen LogP contribution in [-0.2, 0) is 9.31 Å². The molecule has 0 aromatic rings. The Labute approximate surface area is 71.9 Å². The Balaban J connectivity index is 0. The summed E-state index contributed by atoms with van der Waals surface area (Å²) in [6, 6.07) is 0. The molecule has 0 saturated carbocycles. The maximum atomic E-state index is 8.28. The zero-order valence-electron chi connectivity index (χ0n) is 6.29. The van der Waals surface area contributed by atoms with Crippen LogP contribution in [0.4, 0.5) is 0 Å². The van der Waals surface area contributed by atoms with Crippen LogP contribution in [-0.4, -0.2) is 20.8 Å². The zero-order chi connectivity index (χ0) is 7.33. The van der Waals surface area contributed by atoms with E-state index >= 15 is 0 Å². The van der Waals surface area contributed by atoms with Gasteiger partial charge in [0.2, 0.25) is 0 Å². The molecule has 0 unspecified atom stereocenters. The van der Waals surface area contributed by atoms with Gasteiger partial charge in [0.1, 0.15) is 0 Å². The summed E-state index contributed by atoms with van der Waals surface area (Å²) in [7, 11) is 2.52. The van der Waals surface area contributed by atoms with Crippen LogP contribution in [0.25, 0.3) is 0 Å². The van der Waals surface area contributed by atoms with Crippen LogP contribution in [0.5, 0.6) is 0 Å². The quantitative estimate of drug-likeness (QED) is 0.372. The van der Waals surface area contributed by atoms with Crippen LogP contribution >= 0.6 is 0 Å². The van der Waals surface area contributed by atoms with Crippen molar-refractivity contribution < 1.29 is 28.2 Å². The van der Waals surface area contributed by atoms with E-state index in [0.717, 1.165) is 0 Å². The zero-order valence-corrected chi connectivity index (χ0v) is 6.29. The average molecular weight is 132 g/mol. The van der Waals surface area contributed by atoms with Crippen molar-refractivity contribution in [3.63, 3.8) is 0 Å². The fourth-order valence-corrected chi connectivity index (χ4v) is 0.336. The molecular formula is C4H6BLiN2O2. The van der Waals surface area contributed by atoms with Gasteiger partial charge in [-0.05, 0) is 14.2 Å². The smallest absolute Gasteiger partial charge is 0.548 e. The van der Waals surface area contributed by atoms with Gasteiger partial charge in [0.15, 0.2) is 0 Å². The summed E-state index contributed by atoms with van der Waals surface area (Å²) in [4.78, 5) is 0. The minimum absolute atomic E-state index is 0. The molecule has 0 amide bonds. The summed E-state index contributed by atoms with van der Waals surface area (Å²) in [5.41, 5.74) is 0. The van der Waals surface area contributed by atoms with Crippen molar-refractivity contribution in [1.29, 1.82) is 10.5 Å². The normalized spacial score (nSPS) is 8.80. The Morgan fingerprint density at radius 3 is 1.40 bits per heavy atom. The van der Waals surface area contributed by atoms with E-state index in [9.17, 15) is 0 Å². The first kappa shape index (κ1) is 12.3. The van der Waals surface area contributed by atoms with E-state index in [4.69, 9.17) is 10.5 Å². The van der Waals surface area contributed by atoms with E-state index in [-0.39, 0.29) is 18.9 Å². The molecule has 0 rings (SSSR count). The Morgan fingerprint density at radius 1 is 1.10 bits per heavy atom. The van der Waals surface area contributed by atoms with E-state index in [1.54, 1.807) is 11.9 Å². The fraction of sp³-hybridized carbons (Fsp3) is 0.500. The van der Waals surface area contributed by atoms with Gasteiger partial charge in [-0.15, -0.1) is 0 Å². The number of rotatable bonds is 2. The molecule has 0 radical (unpaired) electrons. The summed E-state index contributed by atoms with van der Waals surface area (Å²) in [5.74, 6) is 3.24. The molecule has 10 heavy (non-hydrogen) atoms. The van der Waals surface area contributed by atoms with Crippen molar-refractivity contribution in [3.05, 3.63) is 0 Å². The predicted octanol–water partition coefficient (Wildman–Crippen LogP) is -3.15. The molecule has 4 nitrogen and oxygen atoms in total. The molecule has 0 fully saturated rings. The largest absolute Gasteiger partial charge is 1.00 e. The Morgan fingerprint density at radius 2 is 1.40 bits per heavy atom. The van der Waals surface area contributed by atoms with Gasteiger partial charge in [0.25, 0.3) is 0 Å². The summed E-state index contributed by atoms with van der Waals surface area (Å²) >= 11 is 0. The summed E-state index contributed by atoms with van der Waals surface area (Å²) in [6.07, 6.45) is 0. The topological polar surface area (TPSA) is 66.0 Å². The van der Waals surface area contributed by atoms with Gasteiger partial charge in [0, 0.05) is 0 Å². The van der Waals surface area contributed by atoms with Crippen molar-refractivity contribution in [1.82, 2.24) is 0 Å². The van der Waals surface area contributed by atoms with Crippen LogP contribution in [0.15, 0.2) is 0 Å². The fourth-order valence-electron chi connectivity index (χ4n) is 0.336. The van der Waals surface area contributed by atoms with Crippen molar-refractivity contribution in [2.75, 3.05) is 14.2 Å². The van der Waals surface area contributed by atoms with Crippen LogP contribution < -0.4 is 18.9 Å². The van der Waals surface area contributed by atoms with E-state index in [1.807, 2.05) is 0 Å². The number of nitriles is 2. The third kappa shape index (κ3) is 2.44. The van der Waals surface area contributed by atoms with Gasteiger partial charge < -0.3 is 9.31 Å². The third-order valence-electron chi connectivity index (χ3n) is 1.00. The van der Waals surface area contributed by atoms with Crippen molar-refractivity contribution in [2.24, 2.45) is 0 Å². The third-order valence-corrected chi connectivity index (χ3v) is 1.00. The molecule has 0 aliphatic carbocycles. The minimum Gasteiger partial charge on any atom is -0.548 e. The Bertz CT molecular complexity index is 153. The van der Waals surface area contributed by atoms with Crippen molar-refractivity contribution in [3.8, 4) is 11.9 Å². The first-order valence-corrected chi connectivity index (χ1v) is 2.31. The van der Waals surface area contributed by atoms with Crippen molar-refractivity contribution >= 4 is 6.55 Å². The van der Waals surface area contributed by atoms with Gasteiger partial charge in [-0.3, -0.25) is 0 Å².